The number of aliphatic imine (C=N–C) groups is 1. The van der Waals surface area contributed by atoms with Crippen LogP contribution in [0, 0.1) is 0 Å². The number of likely N-dealkylation sites (tertiary alicyclic amines) is 1. The number of hydrogen-bond acceptors (Lipinski definition) is 5. The molecule has 2 rings (SSSR count). The van der Waals surface area contributed by atoms with E-state index in [0.29, 0.717) is 13.1 Å². The minimum Gasteiger partial charge on any atom is -0.444 e. The number of piperidine rings is 1. The molecule has 1 aliphatic rings. The minimum absolute atomic E-state index is 0. The molecule has 1 saturated heterocycles. The molecule has 1 unspecified atom stereocenters. The molecule has 1 aromatic rings. The number of halogens is 1. The van der Waals surface area contributed by atoms with Gasteiger partial charge in [-0.15, -0.1) is 35.3 Å². The fourth-order valence-corrected chi connectivity index (χ4v) is 3.84. The molecule has 166 valence electrons. The number of aryl methyl sites for hydroxylation is 1. The second-order valence-corrected chi connectivity index (χ2v) is 9.19. The van der Waals surface area contributed by atoms with Crippen LogP contribution in [0.5, 0.6) is 0 Å². The minimum atomic E-state index is -0.471. The van der Waals surface area contributed by atoms with Gasteiger partial charge in [-0.1, -0.05) is 6.92 Å². The van der Waals surface area contributed by atoms with Crippen LogP contribution in [-0.2, 0) is 17.6 Å². The average Bonchev–Trinajstić information content (AvgIpc) is 3.09. The number of aromatic nitrogens is 1. The van der Waals surface area contributed by atoms with Crippen LogP contribution in [0.25, 0.3) is 0 Å². The number of rotatable bonds is 6. The highest BCUT2D eigenvalue weighted by molar-refractivity contribution is 14.0. The molecule has 0 saturated carbocycles. The molecule has 1 atom stereocenters. The van der Waals surface area contributed by atoms with E-state index in [2.05, 4.69) is 29.5 Å². The van der Waals surface area contributed by atoms with Crippen molar-refractivity contribution in [3.05, 3.63) is 16.1 Å². The summed E-state index contributed by atoms with van der Waals surface area (Å²) in [7, 11) is 0. The van der Waals surface area contributed by atoms with Crippen molar-refractivity contribution in [1.82, 2.24) is 20.5 Å². The number of guanidine groups is 1. The Labute approximate surface area is 196 Å². The van der Waals surface area contributed by atoms with Crippen molar-refractivity contribution in [1.29, 1.82) is 0 Å². The predicted octanol–water partition coefficient (Wildman–Crippen LogP) is 3.82. The number of carbonyl (C=O) groups excluding carboxylic acids is 1. The summed E-state index contributed by atoms with van der Waals surface area (Å²) in [5.74, 6) is 0.797. The molecular formula is C20H36IN5O2S. The molecule has 1 amide bonds. The monoisotopic (exact) mass is 537 g/mol. The van der Waals surface area contributed by atoms with Crippen LogP contribution in [-0.4, -0.2) is 59.8 Å². The first kappa shape index (κ1) is 25.9. The van der Waals surface area contributed by atoms with Gasteiger partial charge in [0.1, 0.15) is 5.60 Å². The Balaban J connectivity index is 0.00000420. The maximum Gasteiger partial charge on any atom is 0.410 e. The van der Waals surface area contributed by atoms with Crippen LogP contribution in [0.15, 0.2) is 11.2 Å². The van der Waals surface area contributed by atoms with Gasteiger partial charge in [0.05, 0.1) is 5.01 Å². The van der Waals surface area contributed by atoms with Crippen LogP contribution in [0.3, 0.4) is 0 Å². The number of thiazole rings is 1. The third-order valence-electron chi connectivity index (χ3n) is 4.30. The zero-order valence-electron chi connectivity index (χ0n) is 18.3. The fraction of sp³-hybridized carbons (Fsp3) is 0.750. The topological polar surface area (TPSA) is 78.9 Å². The highest BCUT2D eigenvalue weighted by Gasteiger charge is 2.28. The van der Waals surface area contributed by atoms with Gasteiger partial charge in [-0.25, -0.2) is 9.78 Å². The van der Waals surface area contributed by atoms with Crippen molar-refractivity contribution >= 4 is 47.4 Å². The summed E-state index contributed by atoms with van der Waals surface area (Å²) in [5, 5.41) is 7.91. The van der Waals surface area contributed by atoms with E-state index in [4.69, 9.17) is 9.73 Å². The van der Waals surface area contributed by atoms with Crippen molar-refractivity contribution < 1.29 is 9.53 Å². The number of ether oxygens (including phenoxy) is 1. The largest absolute Gasteiger partial charge is 0.444 e. The zero-order valence-corrected chi connectivity index (χ0v) is 21.4. The molecule has 9 heteroatoms. The third-order valence-corrected chi connectivity index (χ3v) is 5.51. The number of nitrogens with zero attached hydrogens (tertiary/aromatic N) is 3. The maximum atomic E-state index is 12.4. The molecule has 2 heterocycles. The molecule has 1 fully saturated rings. The first-order valence-corrected chi connectivity index (χ1v) is 11.1. The van der Waals surface area contributed by atoms with Crippen LogP contribution < -0.4 is 10.6 Å². The normalized spacial score (nSPS) is 17.5. The van der Waals surface area contributed by atoms with Crippen LogP contribution in [0.4, 0.5) is 4.79 Å². The quantitative estimate of drug-likeness (QED) is 0.328. The second kappa shape index (κ2) is 12.6. The van der Waals surface area contributed by atoms with Crippen molar-refractivity contribution in [3.8, 4) is 0 Å². The van der Waals surface area contributed by atoms with Crippen molar-refractivity contribution in [2.45, 2.75) is 71.9 Å². The van der Waals surface area contributed by atoms with E-state index in [1.165, 1.54) is 4.88 Å². The van der Waals surface area contributed by atoms with Gasteiger partial charge >= 0.3 is 6.09 Å². The molecule has 2 N–H and O–H groups in total. The van der Waals surface area contributed by atoms with E-state index >= 15 is 0 Å². The lowest BCUT2D eigenvalue weighted by Crippen LogP contribution is -2.53. The lowest BCUT2D eigenvalue weighted by Gasteiger charge is -2.35. The van der Waals surface area contributed by atoms with Crippen molar-refractivity contribution in [3.63, 3.8) is 0 Å². The van der Waals surface area contributed by atoms with Gasteiger partial charge in [0.2, 0.25) is 0 Å². The molecule has 0 aliphatic carbocycles. The Morgan fingerprint density at radius 2 is 2.17 bits per heavy atom. The van der Waals surface area contributed by atoms with E-state index in [9.17, 15) is 4.79 Å². The molecule has 0 aromatic carbocycles. The zero-order chi connectivity index (χ0) is 20.6. The summed E-state index contributed by atoms with van der Waals surface area (Å²) in [6.07, 6.45) is 5.55. The van der Waals surface area contributed by atoms with E-state index in [0.717, 1.165) is 49.7 Å². The first-order chi connectivity index (χ1) is 13.3. The molecule has 29 heavy (non-hydrogen) atoms. The van der Waals surface area contributed by atoms with Gasteiger partial charge in [0.15, 0.2) is 5.96 Å². The maximum absolute atomic E-state index is 12.4. The van der Waals surface area contributed by atoms with E-state index < -0.39 is 5.60 Å². The molecule has 7 nitrogen and oxygen atoms in total. The van der Waals surface area contributed by atoms with Gasteiger partial charge in [-0.05, 0) is 47.0 Å². The van der Waals surface area contributed by atoms with E-state index in [-0.39, 0.29) is 36.1 Å². The molecule has 1 aromatic heterocycles. The Morgan fingerprint density at radius 1 is 1.41 bits per heavy atom. The molecule has 0 spiro atoms. The highest BCUT2D eigenvalue weighted by Crippen LogP contribution is 2.16. The van der Waals surface area contributed by atoms with Gasteiger partial charge < -0.3 is 20.3 Å². The van der Waals surface area contributed by atoms with E-state index in [1.54, 1.807) is 16.2 Å². The van der Waals surface area contributed by atoms with Gasteiger partial charge in [0.25, 0.3) is 0 Å². The SMILES string of the molecule is CCNC(=NCCc1ncc(CC)s1)NC1CCCN(C(=O)OC(C)(C)C)C1.I. The van der Waals surface area contributed by atoms with Gasteiger partial charge in [0, 0.05) is 49.7 Å². The molecule has 0 bridgehead atoms. The van der Waals surface area contributed by atoms with Crippen LogP contribution in [0.1, 0.15) is 57.3 Å². The van der Waals surface area contributed by atoms with Gasteiger partial charge in [-0.2, -0.15) is 0 Å². The lowest BCUT2D eigenvalue weighted by atomic mass is 10.1. The fourth-order valence-electron chi connectivity index (χ4n) is 2.99. The summed E-state index contributed by atoms with van der Waals surface area (Å²) >= 11 is 1.76. The number of amides is 1. The predicted molar refractivity (Wildman–Crippen MR) is 131 cm³/mol. The van der Waals surface area contributed by atoms with Crippen LogP contribution in [0.2, 0.25) is 0 Å². The summed E-state index contributed by atoms with van der Waals surface area (Å²) in [6.45, 7) is 12.7. The third kappa shape index (κ3) is 9.50. The van der Waals surface area contributed by atoms with Crippen molar-refractivity contribution in [2.75, 3.05) is 26.2 Å². The highest BCUT2D eigenvalue weighted by atomic mass is 127. The standard InChI is InChI=1S/C20H35N5O2S.HI/c1-6-16-13-23-17(28-16)10-11-22-18(21-7-2)24-15-9-8-12-25(14-15)19(26)27-20(3,4)5;/h13,15H,6-12,14H2,1-5H3,(H2,21,22,24);1H. The Hall–Kier alpha value is -1.10. The average molecular weight is 538 g/mol. The molecule has 0 radical (unpaired) electrons. The Morgan fingerprint density at radius 3 is 2.79 bits per heavy atom. The summed E-state index contributed by atoms with van der Waals surface area (Å²) < 4.78 is 5.51. The first-order valence-electron chi connectivity index (χ1n) is 10.3. The lowest BCUT2D eigenvalue weighted by molar-refractivity contribution is 0.0193. The summed E-state index contributed by atoms with van der Waals surface area (Å²) in [4.78, 5) is 24.6. The molecular weight excluding hydrogens is 501 g/mol. The molecule has 1 aliphatic heterocycles. The van der Waals surface area contributed by atoms with Crippen molar-refractivity contribution in [2.24, 2.45) is 4.99 Å². The van der Waals surface area contributed by atoms with Crippen LogP contribution >= 0.6 is 35.3 Å². The Kier molecular flexibility index (Phi) is 11.2. The number of hydrogen-bond donors (Lipinski definition) is 2. The summed E-state index contributed by atoms with van der Waals surface area (Å²) in [5.41, 5.74) is -0.471. The van der Waals surface area contributed by atoms with Gasteiger partial charge in [-0.3, -0.25) is 4.99 Å². The van der Waals surface area contributed by atoms with E-state index in [1.807, 2.05) is 27.0 Å². The number of carbonyl (C=O) groups is 1. The second-order valence-electron chi connectivity index (χ2n) is 7.99. The Bertz CT molecular complexity index is 660. The number of nitrogens with one attached hydrogen (secondary N) is 2. The summed E-state index contributed by atoms with van der Waals surface area (Å²) in [6, 6.07) is 0.172. The smallest absolute Gasteiger partial charge is 0.410 e.